The van der Waals surface area contributed by atoms with Gasteiger partial charge in [0.15, 0.2) is 0 Å². The summed E-state index contributed by atoms with van der Waals surface area (Å²) in [6.45, 7) is 9.66. The van der Waals surface area contributed by atoms with Crippen LogP contribution in [0.15, 0.2) is 0 Å². The van der Waals surface area contributed by atoms with Crippen molar-refractivity contribution in [3.05, 3.63) is 0 Å². The molecule has 3 unspecified atom stereocenters. The number of carbonyl (C=O) groups is 1. The molecule has 0 radical (unpaired) electrons. The molecule has 0 aromatic heterocycles. The van der Waals surface area contributed by atoms with Gasteiger partial charge in [0.2, 0.25) is 5.91 Å². The lowest BCUT2D eigenvalue weighted by atomic mass is 9.87. The Morgan fingerprint density at radius 2 is 2.17 bits per heavy atom. The number of morpholine rings is 1. The van der Waals surface area contributed by atoms with Crippen molar-refractivity contribution in [3.63, 3.8) is 0 Å². The van der Waals surface area contributed by atoms with E-state index in [1.165, 1.54) is 0 Å². The first-order valence-electron chi connectivity index (χ1n) is 6.76. The molecule has 4 nitrogen and oxygen atoms in total. The third-order valence-electron chi connectivity index (χ3n) is 4.13. The van der Waals surface area contributed by atoms with Crippen molar-refractivity contribution in [3.8, 4) is 0 Å². The zero-order chi connectivity index (χ0) is 12.4. The number of nitrogens with one attached hydrogen (secondary N) is 1. The van der Waals surface area contributed by atoms with E-state index in [0.29, 0.717) is 18.4 Å². The van der Waals surface area contributed by atoms with Gasteiger partial charge in [-0.1, -0.05) is 13.8 Å². The van der Waals surface area contributed by atoms with Crippen LogP contribution >= 0.6 is 12.4 Å². The smallest absolute Gasteiger partial charge is 0.226 e. The lowest BCUT2D eigenvalue weighted by Crippen LogP contribution is -2.56. The summed E-state index contributed by atoms with van der Waals surface area (Å²) >= 11 is 0. The largest absolute Gasteiger partial charge is 0.375 e. The first-order chi connectivity index (χ1) is 8.13. The van der Waals surface area contributed by atoms with Gasteiger partial charge in [0, 0.05) is 12.5 Å². The van der Waals surface area contributed by atoms with Crippen LogP contribution in [0, 0.1) is 11.8 Å². The fourth-order valence-electron chi connectivity index (χ4n) is 2.58. The van der Waals surface area contributed by atoms with E-state index < -0.39 is 0 Å². The molecular weight excluding hydrogens is 252 g/mol. The average Bonchev–Trinajstić information content (AvgIpc) is 2.25. The van der Waals surface area contributed by atoms with E-state index >= 15 is 0 Å². The number of hydrogen-bond acceptors (Lipinski definition) is 3. The minimum atomic E-state index is 0. The Bertz CT molecular complexity index is 284. The number of amides is 1. The van der Waals surface area contributed by atoms with Gasteiger partial charge in [-0.25, -0.2) is 0 Å². The molecule has 2 rings (SSSR count). The maximum absolute atomic E-state index is 12.5. The van der Waals surface area contributed by atoms with Crippen molar-refractivity contribution >= 4 is 18.3 Å². The zero-order valence-electron chi connectivity index (χ0n) is 11.5. The number of rotatable bonds is 3. The van der Waals surface area contributed by atoms with E-state index in [0.717, 1.165) is 26.1 Å². The SMILES string of the molecule is CCC1COC(C)CN1C(=O)C(C)C1CNC1.Cl. The minimum Gasteiger partial charge on any atom is -0.375 e. The molecule has 0 aromatic carbocycles. The summed E-state index contributed by atoms with van der Waals surface area (Å²) in [4.78, 5) is 14.5. The van der Waals surface area contributed by atoms with E-state index in [4.69, 9.17) is 4.74 Å². The molecule has 106 valence electrons. The number of hydrogen-bond donors (Lipinski definition) is 1. The summed E-state index contributed by atoms with van der Waals surface area (Å²) in [5.41, 5.74) is 0. The van der Waals surface area contributed by atoms with E-state index in [-0.39, 0.29) is 30.5 Å². The number of ether oxygens (including phenoxy) is 1. The van der Waals surface area contributed by atoms with Gasteiger partial charge in [-0.05, 0) is 32.4 Å². The van der Waals surface area contributed by atoms with Crippen LogP contribution in [0.3, 0.4) is 0 Å². The van der Waals surface area contributed by atoms with Crippen molar-refractivity contribution in [2.24, 2.45) is 11.8 Å². The van der Waals surface area contributed by atoms with Crippen LogP contribution in [-0.4, -0.2) is 49.2 Å². The fourth-order valence-corrected chi connectivity index (χ4v) is 2.58. The highest BCUT2D eigenvalue weighted by Crippen LogP contribution is 2.23. The van der Waals surface area contributed by atoms with Crippen molar-refractivity contribution in [1.29, 1.82) is 0 Å². The van der Waals surface area contributed by atoms with E-state index in [2.05, 4.69) is 24.1 Å². The third kappa shape index (κ3) is 3.16. The Kier molecular flexibility index (Phi) is 5.89. The summed E-state index contributed by atoms with van der Waals surface area (Å²) in [5.74, 6) is 0.993. The first-order valence-corrected chi connectivity index (χ1v) is 6.76. The molecule has 1 N–H and O–H groups in total. The highest BCUT2D eigenvalue weighted by atomic mass is 35.5. The molecule has 2 aliphatic heterocycles. The van der Waals surface area contributed by atoms with Gasteiger partial charge in [0.25, 0.3) is 0 Å². The van der Waals surface area contributed by atoms with E-state index in [1.54, 1.807) is 0 Å². The second-order valence-electron chi connectivity index (χ2n) is 5.40. The van der Waals surface area contributed by atoms with Gasteiger partial charge in [0.1, 0.15) is 0 Å². The standard InChI is InChI=1S/C13H24N2O2.ClH/c1-4-12-8-17-9(2)7-15(12)13(16)10(3)11-5-14-6-11;/h9-12,14H,4-8H2,1-3H3;1H. The summed E-state index contributed by atoms with van der Waals surface area (Å²) in [6.07, 6.45) is 1.15. The van der Waals surface area contributed by atoms with E-state index in [9.17, 15) is 4.79 Å². The predicted octanol–water partition coefficient (Wildman–Crippen LogP) is 1.29. The molecule has 0 bridgehead atoms. The summed E-state index contributed by atoms with van der Waals surface area (Å²) in [7, 11) is 0. The van der Waals surface area contributed by atoms with Gasteiger partial charge in [-0.15, -0.1) is 12.4 Å². The van der Waals surface area contributed by atoms with Gasteiger partial charge in [-0.2, -0.15) is 0 Å². The Morgan fingerprint density at radius 3 is 2.67 bits per heavy atom. The fraction of sp³-hybridized carbons (Fsp3) is 0.923. The van der Waals surface area contributed by atoms with Crippen molar-refractivity contribution in [2.45, 2.75) is 39.3 Å². The molecule has 1 amide bonds. The lowest BCUT2D eigenvalue weighted by Gasteiger charge is -2.42. The van der Waals surface area contributed by atoms with Crippen LogP contribution in [0.4, 0.5) is 0 Å². The summed E-state index contributed by atoms with van der Waals surface area (Å²) in [6, 6.07) is 0.272. The third-order valence-corrected chi connectivity index (χ3v) is 4.13. The van der Waals surface area contributed by atoms with Gasteiger partial charge in [0.05, 0.1) is 18.8 Å². The highest BCUT2D eigenvalue weighted by Gasteiger charge is 2.36. The molecule has 0 saturated carbocycles. The van der Waals surface area contributed by atoms with Crippen LogP contribution in [0.25, 0.3) is 0 Å². The quantitative estimate of drug-likeness (QED) is 0.845. The summed E-state index contributed by atoms with van der Waals surface area (Å²) < 4.78 is 5.64. The van der Waals surface area contributed by atoms with Crippen LogP contribution in [0.5, 0.6) is 0 Å². The van der Waals surface area contributed by atoms with Crippen molar-refractivity contribution < 1.29 is 9.53 Å². The topological polar surface area (TPSA) is 41.6 Å². The van der Waals surface area contributed by atoms with Gasteiger partial charge in [-0.3, -0.25) is 4.79 Å². The Hall–Kier alpha value is -0.320. The summed E-state index contributed by atoms with van der Waals surface area (Å²) in [5, 5.41) is 3.24. The predicted molar refractivity (Wildman–Crippen MR) is 74.0 cm³/mol. The maximum Gasteiger partial charge on any atom is 0.226 e. The second kappa shape index (κ2) is 6.73. The number of carbonyl (C=O) groups excluding carboxylic acids is 1. The van der Waals surface area contributed by atoms with Crippen LogP contribution in [0.2, 0.25) is 0 Å². The monoisotopic (exact) mass is 276 g/mol. The maximum atomic E-state index is 12.5. The molecule has 2 aliphatic rings. The van der Waals surface area contributed by atoms with Crippen LogP contribution in [0.1, 0.15) is 27.2 Å². The number of halogens is 1. The zero-order valence-corrected chi connectivity index (χ0v) is 12.3. The molecule has 0 aliphatic carbocycles. The van der Waals surface area contributed by atoms with Gasteiger partial charge >= 0.3 is 0 Å². The Labute approximate surface area is 116 Å². The van der Waals surface area contributed by atoms with Crippen molar-refractivity contribution in [1.82, 2.24) is 10.2 Å². The van der Waals surface area contributed by atoms with Crippen molar-refractivity contribution in [2.75, 3.05) is 26.2 Å². The molecule has 18 heavy (non-hydrogen) atoms. The molecule has 3 atom stereocenters. The molecule has 2 saturated heterocycles. The van der Waals surface area contributed by atoms with E-state index in [1.807, 2.05) is 6.92 Å². The molecule has 0 aromatic rings. The molecule has 0 spiro atoms. The average molecular weight is 277 g/mol. The Balaban J connectivity index is 0.00000162. The lowest BCUT2D eigenvalue weighted by molar-refractivity contribution is -0.150. The normalized spacial score (nSPS) is 30.3. The van der Waals surface area contributed by atoms with Crippen LogP contribution < -0.4 is 5.32 Å². The molecular formula is C13H25ClN2O2. The van der Waals surface area contributed by atoms with Gasteiger partial charge < -0.3 is 15.0 Å². The van der Waals surface area contributed by atoms with Crippen LogP contribution in [-0.2, 0) is 9.53 Å². The molecule has 5 heteroatoms. The first kappa shape index (κ1) is 15.7. The number of nitrogens with zero attached hydrogens (tertiary/aromatic N) is 1. The Morgan fingerprint density at radius 1 is 1.50 bits per heavy atom. The highest BCUT2D eigenvalue weighted by molar-refractivity contribution is 5.85. The molecule has 2 fully saturated rings. The molecule has 2 heterocycles. The minimum absolute atomic E-state index is 0. The second-order valence-corrected chi connectivity index (χ2v) is 5.40.